The molecular weight excluding hydrogens is 259 g/mol. The Kier molecular flexibility index (Phi) is 3.76. The van der Waals surface area contributed by atoms with Crippen LogP contribution >= 0.6 is 22.9 Å². The lowest BCUT2D eigenvalue weighted by molar-refractivity contribution is 0.621. The highest BCUT2D eigenvalue weighted by Crippen LogP contribution is 2.23. The summed E-state index contributed by atoms with van der Waals surface area (Å²) in [5.74, 6) is -0.300. The monoisotopic (exact) mass is 270 g/mol. The molecule has 0 fully saturated rings. The average molecular weight is 271 g/mol. The van der Waals surface area contributed by atoms with Crippen LogP contribution in [0.2, 0.25) is 5.02 Å². The highest BCUT2D eigenvalue weighted by atomic mass is 35.5. The van der Waals surface area contributed by atoms with Gasteiger partial charge in [-0.2, -0.15) is 0 Å². The zero-order valence-electron chi connectivity index (χ0n) is 9.28. The minimum atomic E-state index is -0.300. The second-order valence-corrected chi connectivity index (χ2v) is 5.31. The molecule has 17 heavy (non-hydrogen) atoms. The molecule has 2 rings (SSSR count). The number of hydrogen-bond acceptors (Lipinski definition) is 3. The third-order valence-corrected chi connectivity index (χ3v) is 3.62. The highest BCUT2D eigenvalue weighted by molar-refractivity contribution is 7.09. The van der Waals surface area contributed by atoms with Crippen LogP contribution in [0.25, 0.3) is 0 Å². The Morgan fingerprint density at radius 1 is 1.53 bits per heavy atom. The van der Waals surface area contributed by atoms with Crippen molar-refractivity contribution >= 4 is 22.9 Å². The molecule has 5 heteroatoms. The predicted octanol–water partition coefficient (Wildman–Crippen LogP) is 3.49. The zero-order chi connectivity index (χ0) is 12.4. The summed E-state index contributed by atoms with van der Waals surface area (Å²) in [6.07, 6.45) is 0.486. The van der Waals surface area contributed by atoms with Gasteiger partial charge in [-0.1, -0.05) is 11.6 Å². The Bertz CT molecular complexity index is 527. The van der Waals surface area contributed by atoms with Crippen molar-refractivity contribution in [3.63, 3.8) is 0 Å². The maximum absolute atomic E-state index is 13.1. The first kappa shape index (κ1) is 12.5. The van der Waals surface area contributed by atoms with Gasteiger partial charge in [0.25, 0.3) is 0 Å². The molecule has 0 aliphatic rings. The van der Waals surface area contributed by atoms with E-state index >= 15 is 0 Å². The fraction of sp³-hybridized carbons (Fsp3) is 0.250. The molecule has 0 amide bonds. The van der Waals surface area contributed by atoms with Crippen molar-refractivity contribution in [1.29, 1.82) is 0 Å². The number of thiazole rings is 1. The summed E-state index contributed by atoms with van der Waals surface area (Å²) in [5.41, 5.74) is 7.56. The van der Waals surface area contributed by atoms with Gasteiger partial charge in [-0.15, -0.1) is 11.3 Å². The van der Waals surface area contributed by atoms with E-state index < -0.39 is 0 Å². The molecule has 1 atom stereocenters. The predicted molar refractivity (Wildman–Crippen MR) is 68.9 cm³/mol. The van der Waals surface area contributed by atoms with Gasteiger partial charge in [0.15, 0.2) is 0 Å². The lowest BCUT2D eigenvalue weighted by Crippen LogP contribution is -2.14. The van der Waals surface area contributed by atoms with E-state index in [1.807, 2.05) is 12.3 Å². The van der Waals surface area contributed by atoms with Crippen molar-refractivity contribution in [3.05, 3.63) is 50.7 Å². The molecule has 1 aromatic carbocycles. The number of halogens is 2. The van der Waals surface area contributed by atoms with Gasteiger partial charge in [-0.05, 0) is 37.1 Å². The molecule has 90 valence electrons. The van der Waals surface area contributed by atoms with E-state index in [0.717, 1.165) is 10.7 Å². The Morgan fingerprint density at radius 2 is 2.29 bits per heavy atom. The van der Waals surface area contributed by atoms with Gasteiger partial charge in [0.1, 0.15) is 5.82 Å². The van der Waals surface area contributed by atoms with E-state index in [4.69, 9.17) is 17.3 Å². The molecule has 0 radical (unpaired) electrons. The van der Waals surface area contributed by atoms with E-state index in [0.29, 0.717) is 17.0 Å². The summed E-state index contributed by atoms with van der Waals surface area (Å²) in [5, 5.41) is 3.43. The molecular formula is C12H12ClFN2S. The number of nitrogens with zero attached hydrogens (tertiary/aromatic N) is 1. The van der Waals surface area contributed by atoms with Crippen molar-refractivity contribution in [2.24, 2.45) is 5.73 Å². The molecule has 0 bridgehead atoms. The van der Waals surface area contributed by atoms with Crippen LogP contribution in [0, 0.1) is 12.7 Å². The molecule has 2 aromatic rings. The Morgan fingerprint density at radius 3 is 2.94 bits per heavy atom. The maximum Gasteiger partial charge on any atom is 0.123 e. The highest BCUT2D eigenvalue weighted by Gasteiger charge is 2.12. The molecule has 1 unspecified atom stereocenters. The lowest BCUT2D eigenvalue weighted by Gasteiger charge is -2.10. The maximum atomic E-state index is 13.1. The summed E-state index contributed by atoms with van der Waals surface area (Å²) in [7, 11) is 0. The van der Waals surface area contributed by atoms with Gasteiger partial charge >= 0.3 is 0 Å². The van der Waals surface area contributed by atoms with E-state index in [1.165, 1.54) is 12.1 Å². The van der Waals surface area contributed by atoms with Gasteiger partial charge in [0.2, 0.25) is 0 Å². The van der Waals surface area contributed by atoms with Crippen LogP contribution in [0.3, 0.4) is 0 Å². The first-order valence-corrected chi connectivity index (χ1v) is 6.43. The van der Waals surface area contributed by atoms with Crippen LogP contribution in [-0.4, -0.2) is 4.98 Å². The van der Waals surface area contributed by atoms with E-state index in [9.17, 15) is 4.39 Å². The van der Waals surface area contributed by atoms with Crippen molar-refractivity contribution in [2.45, 2.75) is 19.4 Å². The van der Waals surface area contributed by atoms with Gasteiger partial charge in [0, 0.05) is 10.4 Å². The summed E-state index contributed by atoms with van der Waals surface area (Å²) in [4.78, 5) is 4.32. The molecule has 1 aromatic heterocycles. The van der Waals surface area contributed by atoms with Crippen molar-refractivity contribution in [1.82, 2.24) is 4.98 Å². The van der Waals surface area contributed by atoms with Crippen LogP contribution in [0.4, 0.5) is 4.39 Å². The Balaban J connectivity index is 2.18. The van der Waals surface area contributed by atoms with Crippen LogP contribution in [0.15, 0.2) is 23.6 Å². The van der Waals surface area contributed by atoms with Gasteiger partial charge in [-0.25, -0.2) is 9.37 Å². The molecule has 2 nitrogen and oxygen atoms in total. The van der Waals surface area contributed by atoms with Crippen LogP contribution in [-0.2, 0) is 6.42 Å². The molecule has 0 saturated heterocycles. The Hall–Kier alpha value is -0.970. The van der Waals surface area contributed by atoms with E-state index in [-0.39, 0.29) is 11.9 Å². The number of hydrogen-bond donors (Lipinski definition) is 1. The molecule has 2 N–H and O–H groups in total. The topological polar surface area (TPSA) is 38.9 Å². The van der Waals surface area contributed by atoms with Gasteiger partial charge in [-0.3, -0.25) is 0 Å². The minimum Gasteiger partial charge on any atom is -0.322 e. The average Bonchev–Trinajstić information content (AvgIpc) is 2.70. The quantitative estimate of drug-likeness (QED) is 0.927. The Labute approximate surface area is 108 Å². The van der Waals surface area contributed by atoms with Gasteiger partial charge in [0.05, 0.1) is 16.7 Å². The van der Waals surface area contributed by atoms with Crippen LogP contribution in [0.1, 0.15) is 22.3 Å². The fourth-order valence-electron chi connectivity index (χ4n) is 1.59. The first-order chi connectivity index (χ1) is 8.06. The first-order valence-electron chi connectivity index (χ1n) is 5.18. The third-order valence-electron chi connectivity index (χ3n) is 2.46. The lowest BCUT2D eigenvalue weighted by atomic mass is 10.0. The normalized spacial score (nSPS) is 12.7. The molecule has 0 aliphatic heterocycles. The standard InChI is InChI=1S/C12H12ClFN2S/c1-7-16-12(6-17-7)11(15)5-8-4-9(14)2-3-10(8)13/h2-4,6,11H,5,15H2,1H3. The van der Waals surface area contributed by atoms with Crippen LogP contribution < -0.4 is 5.73 Å². The van der Waals surface area contributed by atoms with Crippen LogP contribution in [0.5, 0.6) is 0 Å². The summed E-state index contributed by atoms with van der Waals surface area (Å²) >= 11 is 7.55. The number of rotatable bonds is 3. The third kappa shape index (κ3) is 3.03. The summed E-state index contributed by atoms with van der Waals surface area (Å²) in [6, 6.07) is 4.05. The summed E-state index contributed by atoms with van der Waals surface area (Å²) in [6.45, 7) is 1.93. The number of nitrogens with two attached hydrogens (primary N) is 1. The zero-order valence-corrected chi connectivity index (χ0v) is 10.9. The second kappa shape index (κ2) is 5.12. The second-order valence-electron chi connectivity index (χ2n) is 3.84. The van der Waals surface area contributed by atoms with E-state index in [2.05, 4.69) is 4.98 Å². The van der Waals surface area contributed by atoms with Crippen molar-refractivity contribution in [2.75, 3.05) is 0 Å². The summed E-state index contributed by atoms with van der Waals surface area (Å²) < 4.78 is 13.1. The van der Waals surface area contributed by atoms with Gasteiger partial charge < -0.3 is 5.73 Å². The molecule has 0 saturated carbocycles. The number of aromatic nitrogens is 1. The minimum absolute atomic E-state index is 0.251. The number of benzene rings is 1. The molecule has 0 aliphatic carbocycles. The smallest absolute Gasteiger partial charge is 0.123 e. The van der Waals surface area contributed by atoms with Crippen molar-refractivity contribution < 1.29 is 4.39 Å². The van der Waals surface area contributed by atoms with E-state index in [1.54, 1.807) is 17.4 Å². The largest absolute Gasteiger partial charge is 0.322 e. The molecule has 1 heterocycles. The fourth-order valence-corrected chi connectivity index (χ4v) is 2.46. The SMILES string of the molecule is Cc1nc(C(N)Cc2cc(F)ccc2Cl)cs1. The van der Waals surface area contributed by atoms with Crippen molar-refractivity contribution in [3.8, 4) is 0 Å². The number of aryl methyl sites for hydroxylation is 1. The molecule has 0 spiro atoms.